The molecule has 58 valence electrons. The van der Waals surface area contributed by atoms with E-state index >= 15 is 0 Å². The summed E-state index contributed by atoms with van der Waals surface area (Å²) in [5.74, 6) is -1.06. The Bertz CT molecular complexity index is 246. The Balaban J connectivity index is 2.68. The highest BCUT2D eigenvalue weighted by Crippen LogP contribution is 2.23. The molecule has 0 aromatic rings. The second kappa shape index (κ2) is 2.83. The van der Waals surface area contributed by atoms with E-state index in [1.165, 1.54) is 12.4 Å². The average Bonchev–Trinajstić information content (AvgIpc) is 2.33. The van der Waals surface area contributed by atoms with Crippen LogP contribution < -0.4 is 0 Å². The van der Waals surface area contributed by atoms with E-state index in [1.54, 1.807) is 0 Å². The van der Waals surface area contributed by atoms with Gasteiger partial charge >= 0.3 is 5.97 Å². The van der Waals surface area contributed by atoms with E-state index in [-0.39, 0.29) is 0 Å². The first-order valence-electron chi connectivity index (χ1n) is 2.73. The third-order valence-electron chi connectivity index (χ3n) is 0.954. The van der Waals surface area contributed by atoms with Crippen molar-refractivity contribution in [3.63, 3.8) is 0 Å². The van der Waals surface area contributed by atoms with Crippen molar-refractivity contribution in [2.45, 2.75) is 4.99 Å². The number of thiol groups is 1. The lowest BCUT2D eigenvalue weighted by Crippen LogP contribution is -2.08. The number of carboxylic acids is 1. The molecule has 5 nitrogen and oxygen atoms in total. The van der Waals surface area contributed by atoms with Crippen molar-refractivity contribution in [2.24, 2.45) is 15.2 Å². The van der Waals surface area contributed by atoms with Gasteiger partial charge in [-0.05, 0) is 6.08 Å². The second-order valence-electron chi connectivity index (χ2n) is 1.82. The molecular formula is C5H5N3O2S. The minimum Gasteiger partial charge on any atom is -0.478 e. The van der Waals surface area contributed by atoms with E-state index < -0.39 is 11.0 Å². The zero-order valence-corrected chi connectivity index (χ0v) is 6.27. The van der Waals surface area contributed by atoms with Crippen molar-refractivity contribution in [3.05, 3.63) is 12.2 Å². The Kier molecular flexibility index (Phi) is 2.04. The highest BCUT2D eigenvalue weighted by atomic mass is 32.1. The molecule has 1 aliphatic rings. The molecule has 11 heavy (non-hydrogen) atoms. The molecule has 0 bridgehead atoms. The number of aliphatic imine (C=N–C) groups is 1. The normalized spacial score (nSPS) is 28.5. The molecule has 1 heterocycles. The first kappa shape index (κ1) is 7.93. The Morgan fingerprint density at radius 2 is 2.45 bits per heavy atom. The largest absolute Gasteiger partial charge is 0.478 e. The summed E-state index contributed by atoms with van der Waals surface area (Å²) in [5.41, 5.74) is 0. The second-order valence-corrected chi connectivity index (χ2v) is 2.48. The number of hydrogen-bond acceptors (Lipinski definition) is 5. The molecular weight excluding hydrogens is 166 g/mol. The predicted molar refractivity (Wildman–Crippen MR) is 41.8 cm³/mol. The van der Waals surface area contributed by atoms with Gasteiger partial charge in [0.05, 0.1) is 0 Å². The molecule has 1 N–H and O–H groups in total. The molecule has 0 saturated heterocycles. The van der Waals surface area contributed by atoms with Crippen LogP contribution in [-0.4, -0.2) is 22.4 Å². The number of azo groups is 1. The molecule has 0 amide bonds. The van der Waals surface area contributed by atoms with Gasteiger partial charge in [-0.3, -0.25) is 0 Å². The smallest absolute Gasteiger partial charge is 0.328 e. The van der Waals surface area contributed by atoms with Crippen molar-refractivity contribution in [1.82, 2.24) is 0 Å². The summed E-state index contributed by atoms with van der Waals surface area (Å²) in [6.07, 6.45) is 3.39. The molecule has 0 aliphatic carbocycles. The third kappa shape index (κ3) is 2.15. The number of hydrogen-bond donors (Lipinski definition) is 2. The van der Waals surface area contributed by atoms with Crippen molar-refractivity contribution in [2.75, 3.05) is 0 Å². The average molecular weight is 171 g/mol. The zero-order chi connectivity index (χ0) is 8.32. The van der Waals surface area contributed by atoms with Gasteiger partial charge in [-0.2, -0.15) is 0 Å². The van der Waals surface area contributed by atoms with Crippen LogP contribution in [0.2, 0.25) is 0 Å². The maximum atomic E-state index is 10.1. The lowest BCUT2D eigenvalue weighted by atomic mass is 10.4. The Hall–Kier alpha value is -1.17. The molecule has 0 aromatic heterocycles. The third-order valence-corrected chi connectivity index (χ3v) is 1.31. The van der Waals surface area contributed by atoms with Gasteiger partial charge < -0.3 is 5.11 Å². The molecule has 1 unspecified atom stereocenters. The van der Waals surface area contributed by atoms with Crippen LogP contribution in [0.15, 0.2) is 27.4 Å². The van der Waals surface area contributed by atoms with E-state index in [4.69, 9.17) is 5.11 Å². The van der Waals surface area contributed by atoms with Crippen molar-refractivity contribution < 1.29 is 9.90 Å². The number of nitrogens with zero attached hydrogens (tertiary/aromatic N) is 3. The highest BCUT2D eigenvalue weighted by molar-refractivity contribution is 7.82. The zero-order valence-electron chi connectivity index (χ0n) is 5.38. The number of aliphatic carboxylic acids is 1. The topological polar surface area (TPSA) is 74.4 Å². The van der Waals surface area contributed by atoms with Crippen LogP contribution in [0.3, 0.4) is 0 Å². The van der Waals surface area contributed by atoms with Crippen molar-refractivity contribution >= 4 is 24.9 Å². The fraction of sp³-hybridized carbons (Fsp3) is 0.200. The van der Waals surface area contributed by atoms with Gasteiger partial charge in [-0.15, -0.1) is 22.9 Å². The molecule has 1 aliphatic heterocycles. The van der Waals surface area contributed by atoms with Crippen LogP contribution in [0.5, 0.6) is 0 Å². The highest BCUT2D eigenvalue weighted by Gasteiger charge is 2.21. The molecule has 0 spiro atoms. The maximum Gasteiger partial charge on any atom is 0.328 e. The number of carboxylic acid groups (broad SMARTS) is 1. The fourth-order valence-electron chi connectivity index (χ4n) is 0.507. The molecule has 6 heteroatoms. The van der Waals surface area contributed by atoms with Gasteiger partial charge in [0.1, 0.15) is 6.34 Å². The lowest BCUT2D eigenvalue weighted by Gasteiger charge is -2.05. The standard InChI is InChI=1S/C5H5N3O2S/c9-4(10)1-2-5(11)6-3-7-8-5/h1-3,11H,(H,9,10). The van der Waals surface area contributed by atoms with Gasteiger partial charge in [-0.25, -0.2) is 9.79 Å². The summed E-state index contributed by atoms with van der Waals surface area (Å²) in [7, 11) is 0. The predicted octanol–water partition coefficient (Wildman–Crippen LogP) is 0.705. The Labute approximate surface area is 68.0 Å². The van der Waals surface area contributed by atoms with Crippen LogP contribution in [0.1, 0.15) is 0 Å². The molecule has 1 rings (SSSR count). The van der Waals surface area contributed by atoms with Gasteiger partial charge in [0.15, 0.2) is 0 Å². The summed E-state index contributed by atoms with van der Waals surface area (Å²) in [6, 6.07) is 0. The summed E-state index contributed by atoms with van der Waals surface area (Å²) in [4.78, 5) is 12.6. The summed E-state index contributed by atoms with van der Waals surface area (Å²) < 4.78 is 0. The van der Waals surface area contributed by atoms with E-state index in [1.807, 2.05) is 0 Å². The van der Waals surface area contributed by atoms with Crippen molar-refractivity contribution in [3.8, 4) is 0 Å². The van der Waals surface area contributed by atoms with Gasteiger partial charge in [0.2, 0.25) is 4.99 Å². The summed E-state index contributed by atoms with van der Waals surface area (Å²) in [5, 5.41) is 15.2. The van der Waals surface area contributed by atoms with Crippen LogP contribution in [0.25, 0.3) is 0 Å². The van der Waals surface area contributed by atoms with Gasteiger partial charge in [0.25, 0.3) is 0 Å². The van der Waals surface area contributed by atoms with Crippen LogP contribution >= 0.6 is 12.6 Å². The van der Waals surface area contributed by atoms with E-state index in [0.29, 0.717) is 0 Å². The quantitative estimate of drug-likeness (QED) is 0.474. The van der Waals surface area contributed by atoms with Crippen LogP contribution in [-0.2, 0) is 4.79 Å². The van der Waals surface area contributed by atoms with Crippen LogP contribution in [0, 0.1) is 0 Å². The van der Waals surface area contributed by atoms with E-state index in [9.17, 15) is 4.79 Å². The summed E-state index contributed by atoms with van der Waals surface area (Å²) >= 11 is 3.95. The first-order chi connectivity index (χ1) is 5.12. The monoisotopic (exact) mass is 171 g/mol. The SMILES string of the molecule is O=C(O)C=CC1(S)N=CN=N1. The minimum atomic E-state index is -1.11. The molecule has 0 radical (unpaired) electrons. The summed E-state index contributed by atoms with van der Waals surface area (Å²) in [6.45, 7) is 0. The van der Waals surface area contributed by atoms with Crippen molar-refractivity contribution in [1.29, 1.82) is 0 Å². The Morgan fingerprint density at radius 1 is 1.73 bits per heavy atom. The van der Waals surface area contributed by atoms with Gasteiger partial charge in [-0.1, -0.05) is 0 Å². The molecule has 0 fully saturated rings. The number of rotatable bonds is 2. The molecule has 0 saturated carbocycles. The molecule has 0 aromatic carbocycles. The van der Waals surface area contributed by atoms with E-state index in [2.05, 4.69) is 27.8 Å². The van der Waals surface area contributed by atoms with E-state index in [0.717, 1.165) is 6.08 Å². The number of carbonyl (C=O) groups is 1. The minimum absolute atomic E-state index is 0.925. The Morgan fingerprint density at radius 3 is 2.91 bits per heavy atom. The molecule has 1 atom stereocenters. The van der Waals surface area contributed by atoms with Gasteiger partial charge in [0, 0.05) is 6.08 Å². The lowest BCUT2D eigenvalue weighted by molar-refractivity contribution is -0.131. The fourth-order valence-corrected chi connectivity index (χ4v) is 0.685. The first-order valence-corrected chi connectivity index (χ1v) is 3.17. The van der Waals surface area contributed by atoms with Crippen LogP contribution in [0.4, 0.5) is 0 Å². The maximum absolute atomic E-state index is 10.1.